The lowest BCUT2D eigenvalue weighted by Gasteiger charge is -2.22. The second-order valence-corrected chi connectivity index (χ2v) is 6.24. The number of piperidine rings is 1. The first-order valence-corrected chi connectivity index (χ1v) is 8.65. The van der Waals surface area contributed by atoms with Gasteiger partial charge in [-0.3, -0.25) is 4.79 Å². The van der Waals surface area contributed by atoms with Crippen molar-refractivity contribution in [3.05, 3.63) is 17.5 Å². The van der Waals surface area contributed by atoms with E-state index in [1.165, 1.54) is 12.8 Å². The van der Waals surface area contributed by atoms with Gasteiger partial charge in [0.15, 0.2) is 5.76 Å². The van der Waals surface area contributed by atoms with Gasteiger partial charge in [0, 0.05) is 18.4 Å². The van der Waals surface area contributed by atoms with E-state index in [0.717, 1.165) is 43.8 Å². The largest absolute Gasteiger partial charge is 0.359 e. The first-order chi connectivity index (χ1) is 10.7. The van der Waals surface area contributed by atoms with Crippen LogP contribution in [-0.4, -0.2) is 24.2 Å². The molecule has 1 aromatic rings. The van der Waals surface area contributed by atoms with E-state index in [1.807, 2.05) is 6.07 Å². The summed E-state index contributed by atoms with van der Waals surface area (Å²) >= 11 is 0. The number of nitrogens with zero attached hydrogens (tertiary/aromatic N) is 1. The van der Waals surface area contributed by atoms with E-state index in [-0.39, 0.29) is 5.91 Å². The smallest absolute Gasteiger partial charge is 0.220 e. The van der Waals surface area contributed by atoms with Crippen molar-refractivity contribution in [2.24, 2.45) is 5.92 Å². The van der Waals surface area contributed by atoms with Gasteiger partial charge in [-0.05, 0) is 51.1 Å². The van der Waals surface area contributed by atoms with E-state index < -0.39 is 0 Å². The van der Waals surface area contributed by atoms with Crippen LogP contribution in [0.1, 0.15) is 69.7 Å². The van der Waals surface area contributed by atoms with Crippen molar-refractivity contribution in [2.45, 2.75) is 64.8 Å². The highest BCUT2D eigenvalue weighted by Gasteiger charge is 2.16. The Kier molecular flexibility index (Phi) is 6.90. The molecule has 1 fully saturated rings. The molecule has 1 aromatic heterocycles. The average molecular weight is 307 g/mol. The number of rotatable bonds is 8. The first kappa shape index (κ1) is 17.0. The summed E-state index contributed by atoms with van der Waals surface area (Å²) in [6, 6.07) is 1.98. The molecule has 5 heteroatoms. The van der Waals surface area contributed by atoms with Gasteiger partial charge in [0.05, 0.1) is 12.2 Å². The molecular weight excluding hydrogens is 278 g/mol. The molecule has 2 heterocycles. The maximum atomic E-state index is 11.9. The standard InChI is InChI=1S/C17H29N3O2/c1-3-14(4-2)16-11-15(22-20-16)12-19-17(21)6-5-13-7-9-18-10-8-13/h11,13-14,18H,3-10,12H2,1-2H3,(H,19,21). The third kappa shape index (κ3) is 5.13. The second kappa shape index (κ2) is 8.93. The molecule has 0 unspecified atom stereocenters. The summed E-state index contributed by atoms with van der Waals surface area (Å²) in [7, 11) is 0. The van der Waals surface area contributed by atoms with Gasteiger partial charge in [-0.25, -0.2) is 0 Å². The van der Waals surface area contributed by atoms with E-state index in [0.29, 0.717) is 24.8 Å². The van der Waals surface area contributed by atoms with Crippen molar-refractivity contribution in [3.8, 4) is 0 Å². The van der Waals surface area contributed by atoms with E-state index in [4.69, 9.17) is 4.52 Å². The lowest BCUT2D eigenvalue weighted by atomic mass is 9.93. The van der Waals surface area contributed by atoms with Crippen LogP contribution < -0.4 is 10.6 Å². The molecule has 2 N–H and O–H groups in total. The van der Waals surface area contributed by atoms with Gasteiger partial charge in [-0.2, -0.15) is 0 Å². The normalized spacial score (nSPS) is 16.1. The van der Waals surface area contributed by atoms with Crippen LogP contribution in [0.15, 0.2) is 10.6 Å². The maximum Gasteiger partial charge on any atom is 0.220 e. The fourth-order valence-electron chi connectivity index (χ4n) is 3.09. The molecule has 0 radical (unpaired) electrons. The highest BCUT2D eigenvalue weighted by Crippen LogP contribution is 2.22. The zero-order valence-corrected chi connectivity index (χ0v) is 13.9. The molecule has 2 rings (SSSR count). The summed E-state index contributed by atoms with van der Waals surface area (Å²) in [6.45, 7) is 6.93. The van der Waals surface area contributed by atoms with Gasteiger partial charge in [-0.15, -0.1) is 0 Å². The summed E-state index contributed by atoms with van der Waals surface area (Å²) < 4.78 is 5.32. The maximum absolute atomic E-state index is 11.9. The highest BCUT2D eigenvalue weighted by atomic mass is 16.5. The van der Waals surface area contributed by atoms with Gasteiger partial charge < -0.3 is 15.2 Å². The Morgan fingerprint density at radius 3 is 2.82 bits per heavy atom. The van der Waals surface area contributed by atoms with Crippen molar-refractivity contribution in [1.29, 1.82) is 0 Å². The topological polar surface area (TPSA) is 67.2 Å². The van der Waals surface area contributed by atoms with Crippen molar-refractivity contribution >= 4 is 5.91 Å². The lowest BCUT2D eigenvalue weighted by Crippen LogP contribution is -2.29. The molecule has 0 saturated carbocycles. The Balaban J connectivity index is 1.69. The molecule has 0 atom stereocenters. The minimum absolute atomic E-state index is 0.110. The molecule has 1 aliphatic rings. The summed E-state index contributed by atoms with van der Waals surface area (Å²) in [6.07, 6.45) is 6.10. The summed E-state index contributed by atoms with van der Waals surface area (Å²) in [5, 5.41) is 10.4. The number of carbonyl (C=O) groups is 1. The monoisotopic (exact) mass is 307 g/mol. The van der Waals surface area contributed by atoms with Crippen molar-refractivity contribution in [3.63, 3.8) is 0 Å². The minimum Gasteiger partial charge on any atom is -0.359 e. The van der Waals surface area contributed by atoms with E-state index in [2.05, 4.69) is 29.6 Å². The van der Waals surface area contributed by atoms with E-state index >= 15 is 0 Å². The number of amides is 1. The molecule has 1 aliphatic heterocycles. The van der Waals surface area contributed by atoms with Gasteiger partial charge in [0.25, 0.3) is 0 Å². The Morgan fingerprint density at radius 1 is 1.41 bits per heavy atom. The Morgan fingerprint density at radius 2 is 2.14 bits per heavy atom. The van der Waals surface area contributed by atoms with E-state index in [1.54, 1.807) is 0 Å². The van der Waals surface area contributed by atoms with Gasteiger partial charge in [0.1, 0.15) is 0 Å². The quantitative estimate of drug-likeness (QED) is 0.775. The molecule has 124 valence electrons. The van der Waals surface area contributed by atoms with E-state index in [9.17, 15) is 4.79 Å². The third-order valence-corrected chi connectivity index (χ3v) is 4.68. The molecule has 22 heavy (non-hydrogen) atoms. The van der Waals surface area contributed by atoms with Crippen LogP contribution >= 0.6 is 0 Å². The van der Waals surface area contributed by atoms with Gasteiger partial charge in [0.2, 0.25) is 5.91 Å². The predicted molar refractivity (Wildman–Crippen MR) is 86.5 cm³/mol. The Bertz CT molecular complexity index is 449. The molecule has 0 aliphatic carbocycles. The Hall–Kier alpha value is -1.36. The SMILES string of the molecule is CCC(CC)c1cc(CNC(=O)CCC2CCNCC2)on1. The van der Waals surface area contributed by atoms with Crippen LogP contribution in [0.4, 0.5) is 0 Å². The second-order valence-electron chi connectivity index (χ2n) is 6.24. The number of hydrogen-bond acceptors (Lipinski definition) is 4. The van der Waals surface area contributed by atoms with Crippen molar-refractivity contribution in [1.82, 2.24) is 15.8 Å². The van der Waals surface area contributed by atoms with Gasteiger partial charge >= 0.3 is 0 Å². The number of hydrogen-bond donors (Lipinski definition) is 2. The van der Waals surface area contributed by atoms with Crippen LogP contribution in [0.3, 0.4) is 0 Å². The minimum atomic E-state index is 0.110. The van der Waals surface area contributed by atoms with Crippen LogP contribution in [-0.2, 0) is 11.3 Å². The lowest BCUT2D eigenvalue weighted by molar-refractivity contribution is -0.121. The number of nitrogens with one attached hydrogen (secondary N) is 2. The molecular formula is C17H29N3O2. The summed E-state index contributed by atoms with van der Waals surface area (Å²) in [5.74, 6) is 2.00. The van der Waals surface area contributed by atoms with Crippen LogP contribution in [0.5, 0.6) is 0 Å². The Labute approximate surface area is 133 Å². The zero-order chi connectivity index (χ0) is 15.8. The summed E-state index contributed by atoms with van der Waals surface area (Å²) in [4.78, 5) is 11.9. The molecule has 0 bridgehead atoms. The third-order valence-electron chi connectivity index (χ3n) is 4.68. The molecule has 1 saturated heterocycles. The van der Waals surface area contributed by atoms with Crippen molar-refractivity contribution in [2.75, 3.05) is 13.1 Å². The van der Waals surface area contributed by atoms with Crippen LogP contribution in [0.2, 0.25) is 0 Å². The fraction of sp³-hybridized carbons (Fsp3) is 0.765. The molecule has 1 amide bonds. The van der Waals surface area contributed by atoms with Crippen LogP contribution in [0, 0.1) is 5.92 Å². The summed E-state index contributed by atoms with van der Waals surface area (Å²) in [5.41, 5.74) is 1.00. The highest BCUT2D eigenvalue weighted by molar-refractivity contribution is 5.75. The number of aromatic nitrogens is 1. The van der Waals surface area contributed by atoms with Crippen molar-refractivity contribution < 1.29 is 9.32 Å². The number of carbonyl (C=O) groups excluding carboxylic acids is 1. The van der Waals surface area contributed by atoms with Crippen LogP contribution in [0.25, 0.3) is 0 Å². The molecule has 0 aromatic carbocycles. The van der Waals surface area contributed by atoms with Gasteiger partial charge in [-0.1, -0.05) is 19.0 Å². The molecule has 5 nitrogen and oxygen atoms in total. The fourth-order valence-corrected chi connectivity index (χ4v) is 3.09. The molecule has 0 spiro atoms. The average Bonchev–Trinajstić information content (AvgIpc) is 3.02. The predicted octanol–water partition coefficient (Wildman–Crippen LogP) is 2.97. The first-order valence-electron chi connectivity index (χ1n) is 8.65. The zero-order valence-electron chi connectivity index (χ0n) is 13.9.